The van der Waals surface area contributed by atoms with Gasteiger partial charge in [0.05, 0.1) is 18.6 Å². The number of carbonyl (C=O) groups is 2. The largest absolute Gasteiger partial charge is 0.492 e. The summed E-state index contributed by atoms with van der Waals surface area (Å²) in [4.78, 5) is 28.3. The van der Waals surface area contributed by atoms with E-state index in [1.54, 1.807) is 29.2 Å². The number of hydrogen-bond acceptors (Lipinski definition) is 5. The van der Waals surface area contributed by atoms with Gasteiger partial charge in [-0.3, -0.25) is 13.9 Å². The van der Waals surface area contributed by atoms with E-state index in [9.17, 15) is 18.0 Å². The third-order valence-corrected chi connectivity index (χ3v) is 7.64. The lowest BCUT2D eigenvalue weighted by Gasteiger charge is -2.32. The second-order valence-electron chi connectivity index (χ2n) is 9.40. The van der Waals surface area contributed by atoms with E-state index in [2.05, 4.69) is 5.32 Å². The lowest BCUT2D eigenvalue weighted by Crippen LogP contribution is -2.51. The maximum Gasteiger partial charge on any atom is 0.243 e. The average Bonchev–Trinajstić information content (AvgIpc) is 2.89. The number of amides is 2. The van der Waals surface area contributed by atoms with Crippen molar-refractivity contribution in [2.24, 2.45) is 0 Å². The Hall–Kier alpha value is -3.07. The Balaban J connectivity index is 2.20. The van der Waals surface area contributed by atoms with E-state index in [0.29, 0.717) is 43.9 Å². The molecule has 0 saturated carbocycles. The van der Waals surface area contributed by atoms with Gasteiger partial charge in [-0.25, -0.2) is 8.42 Å². The van der Waals surface area contributed by atoms with Crippen LogP contribution in [-0.2, 0) is 26.0 Å². The number of nitrogens with one attached hydrogen (secondary N) is 1. The molecule has 2 rings (SSSR count). The minimum atomic E-state index is -3.61. The fourth-order valence-electron chi connectivity index (χ4n) is 4.26. The third kappa shape index (κ3) is 9.35. The number of nitrogens with zero attached hydrogens (tertiary/aromatic N) is 2. The second-order valence-corrected chi connectivity index (χ2v) is 11.3. The summed E-state index contributed by atoms with van der Waals surface area (Å²) >= 11 is 0. The van der Waals surface area contributed by atoms with Crippen molar-refractivity contribution in [2.45, 2.75) is 71.9 Å². The molecule has 0 aromatic heterocycles. The zero-order chi connectivity index (χ0) is 28.1. The monoisotopic (exact) mass is 545 g/mol. The maximum atomic E-state index is 13.5. The van der Waals surface area contributed by atoms with Crippen LogP contribution in [0.1, 0.15) is 58.9 Å². The van der Waals surface area contributed by atoms with Gasteiger partial charge in [-0.05, 0) is 57.2 Å². The summed E-state index contributed by atoms with van der Waals surface area (Å²) in [5.41, 5.74) is 1.53. The molecule has 1 N–H and O–H groups in total. The van der Waals surface area contributed by atoms with E-state index in [1.165, 1.54) is 4.31 Å². The van der Waals surface area contributed by atoms with Crippen LogP contribution < -0.4 is 14.4 Å². The standard InChI is InChI=1S/C29H43N3O5S/c1-6-23(4)30-29(34)25(7-2)31(22-20-24-15-10-9-11-16-24)28(33)19-14-21-32(38(5,35)36)26-17-12-13-18-27(26)37-8-3/h9-13,15-18,23,25H,6-8,14,19-22H2,1-5H3,(H,30,34)/t23-,25-/m1/s1. The Kier molecular flexibility index (Phi) is 12.6. The fraction of sp³-hybridized carbons (Fsp3) is 0.517. The molecular weight excluding hydrogens is 502 g/mol. The molecule has 0 bridgehead atoms. The van der Waals surface area contributed by atoms with Crippen molar-refractivity contribution >= 4 is 27.5 Å². The average molecular weight is 546 g/mol. The Morgan fingerprint density at radius 1 is 0.947 bits per heavy atom. The lowest BCUT2D eigenvalue weighted by atomic mass is 10.1. The molecule has 38 heavy (non-hydrogen) atoms. The molecule has 0 unspecified atom stereocenters. The van der Waals surface area contributed by atoms with E-state index in [1.807, 2.05) is 58.0 Å². The molecule has 2 aromatic carbocycles. The van der Waals surface area contributed by atoms with Crippen molar-refractivity contribution in [1.82, 2.24) is 10.2 Å². The number of para-hydroxylation sites is 2. The Labute approximate surface area is 228 Å². The number of carbonyl (C=O) groups excluding carboxylic acids is 2. The van der Waals surface area contributed by atoms with Crippen LogP contribution in [0.2, 0.25) is 0 Å². The summed E-state index contributed by atoms with van der Waals surface area (Å²) in [5.74, 6) is 0.147. The quantitative estimate of drug-likeness (QED) is 0.337. The van der Waals surface area contributed by atoms with E-state index < -0.39 is 16.1 Å². The smallest absolute Gasteiger partial charge is 0.243 e. The van der Waals surface area contributed by atoms with Gasteiger partial charge in [-0.15, -0.1) is 0 Å². The molecule has 0 spiro atoms. The molecule has 2 atom stereocenters. The highest BCUT2D eigenvalue weighted by molar-refractivity contribution is 7.92. The summed E-state index contributed by atoms with van der Waals surface area (Å²) in [5, 5.41) is 3.01. The highest BCUT2D eigenvalue weighted by Crippen LogP contribution is 2.30. The normalized spacial score (nSPS) is 12.9. The van der Waals surface area contributed by atoms with Gasteiger partial charge in [0.1, 0.15) is 11.8 Å². The molecule has 0 aliphatic rings. The van der Waals surface area contributed by atoms with Gasteiger partial charge in [0.15, 0.2) is 0 Å². The van der Waals surface area contributed by atoms with Gasteiger partial charge in [0.2, 0.25) is 21.8 Å². The zero-order valence-electron chi connectivity index (χ0n) is 23.4. The van der Waals surface area contributed by atoms with Crippen LogP contribution in [0.25, 0.3) is 0 Å². The molecule has 0 heterocycles. The molecule has 2 amide bonds. The molecule has 0 saturated heterocycles. The first-order chi connectivity index (χ1) is 18.1. The Morgan fingerprint density at radius 2 is 1.61 bits per heavy atom. The minimum Gasteiger partial charge on any atom is -0.492 e. The molecule has 210 valence electrons. The van der Waals surface area contributed by atoms with Crippen molar-refractivity contribution in [1.29, 1.82) is 0 Å². The number of hydrogen-bond donors (Lipinski definition) is 1. The predicted octanol–water partition coefficient (Wildman–Crippen LogP) is 4.40. The first-order valence-corrected chi connectivity index (χ1v) is 15.3. The molecule has 9 heteroatoms. The SMILES string of the molecule is CCOc1ccccc1N(CCCC(=O)N(CCc1ccccc1)[C@H](CC)C(=O)N[C@H](C)CC)S(C)(=O)=O. The van der Waals surface area contributed by atoms with Gasteiger partial charge in [-0.1, -0.05) is 56.3 Å². The summed E-state index contributed by atoms with van der Waals surface area (Å²) in [6.07, 6.45) is 3.47. The molecule has 0 aliphatic carbocycles. The van der Waals surface area contributed by atoms with Gasteiger partial charge < -0.3 is 15.0 Å². The first-order valence-electron chi connectivity index (χ1n) is 13.5. The number of benzene rings is 2. The van der Waals surface area contributed by atoms with Crippen LogP contribution in [0.15, 0.2) is 54.6 Å². The van der Waals surface area contributed by atoms with Gasteiger partial charge in [-0.2, -0.15) is 0 Å². The first kappa shape index (κ1) is 31.1. The minimum absolute atomic E-state index is 0.0105. The van der Waals surface area contributed by atoms with Crippen LogP contribution in [0.4, 0.5) is 5.69 Å². The maximum absolute atomic E-state index is 13.5. The molecule has 0 radical (unpaired) electrons. The number of anilines is 1. The van der Waals surface area contributed by atoms with Crippen LogP contribution in [0.5, 0.6) is 5.75 Å². The van der Waals surface area contributed by atoms with Crippen molar-refractivity contribution in [3.8, 4) is 5.75 Å². The van der Waals surface area contributed by atoms with E-state index >= 15 is 0 Å². The van der Waals surface area contributed by atoms with Crippen LogP contribution in [0.3, 0.4) is 0 Å². The summed E-state index contributed by atoms with van der Waals surface area (Å²) in [6.45, 7) is 8.61. The second kappa shape index (κ2) is 15.4. The highest BCUT2D eigenvalue weighted by Gasteiger charge is 2.29. The Bertz CT molecular complexity index is 1120. The van der Waals surface area contributed by atoms with Crippen molar-refractivity contribution < 1.29 is 22.7 Å². The van der Waals surface area contributed by atoms with Crippen LogP contribution in [-0.4, -0.2) is 63.2 Å². The molecule has 0 fully saturated rings. The van der Waals surface area contributed by atoms with Crippen molar-refractivity contribution in [3.05, 3.63) is 60.2 Å². The fourth-order valence-corrected chi connectivity index (χ4v) is 5.23. The lowest BCUT2D eigenvalue weighted by molar-refractivity contribution is -0.141. The van der Waals surface area contributed by atoms with Gasteiger partial charge >= 0.3 is 0 Å². The van der Waals surface area contributed by atoms with Crippen molar-refractivity contribution in [2.75, 3.05) is 30.3 Å². The molecule has 8 nitrogen and oxygen atoms in total. The molecular formula is C29H43N3O5S. The van der Waals surface area contributed by atoms with Gasteiger partial charge in [0.25, 0.3) is 0 Å². The highest BCUT2D eigenvalue weighted by atomic mass is 32.2. The summed E-state index contributed by atoms with van der Waals surface area (Å²) < 4.78 is 32.2. The third-order valence-electron chi connectivity index (χ3n) is 6.46. The number of sulfonamides is 1. The van der Waals surface area contributed by atoms with Crippen LogP contribution in [0, 0.1) is 0 Å². The molecule has 0 aliphatic heterocycles. The summed E-state index contributed by atoms with van der Waals surface area (Å²) in [6, 6.07) is 16.3. The number of rotatable bonds is 16. The van der Waals surface area contributed by atoms with E-state index in [-0.39, 0.29) is 30.8 Å². The van der Waals surface area contributed by atoms with Crippen molar-refractivity contribution in [3.63, 3.8) is 0 Å². The molecule has 2 aromatic rings. The van der Waals surface area contributed by atoms with Gasteiger partial charge in [0, 0.05) is 25.6 Å². The topological polar surface area (TPSA) is 96.0 Å². The Morgan fingerprint density at radius 3 is 2.21 bits per heavy atom. The number of ether oxygens (including phenoxy) is 1. The summed E-state index contributed by atoms with van der Waals surface area (Å²) in [7, 11) is -3.61. The predicted molar refractivity (Wildman–Crippen MR) is 153 cm³/mol. The van der Waals surface area contributed by atoms with E-state index in [4.69, 9.17) is 4.74 Å². The van der Waals surface area contributed by atoms with E-state index in [0.717, 1.165) is 18.2 Å². The zero-order valence-corrected chi connectivity index (χ0v) is 24.2. The van der Waals surface area contributed by atoms with Crippen LogP contribution >= 0.6 is 0 Å².